The van der Waals surface area contributed by atoms with Crippen molar-refractivity contribution in [3.63, 3.8) is 0 Å². The molecule has 0 saturated heterocycles. The van der Waals surface area contributed by atoms with E-state index in [0.717, 1.165) is 33.8 Å². The predicted molar refractivity (Wildman–Crippen MR) is 95.7 cm³/mol. The van der Waals surface area contributed by atoms with E-state index in [1.165, 1.54) is 0 Å². The van der Waals surface area contributed by atoms with Gasteiger partial charge in [0.1, 0.15) is 11.5 Å². The molecule has 4 nitrogen and oxygen atoms in total. The highest BCUT2D eigenvalue weighted by molar-refractivity contribution is 5.78. The third-order valence-corrected chi connectivity index (χ3v) is 3.99. The standard InChI is InChI=1S/C20H25NO3/c1-13-9-10-18(23-5)17(11-13)16(4)21-19(22)12-24-20-14(2)7-6-8-15(20)3/h6-11,16H,12H2,1-5H3,(H,21,22)/t16-/m1/s1. The Morgan fingerprint density at radius 3 is 2.42 bits per heavy atom. The van der Waals surface area contributed by atoms with E-state index >= 15 is 0 Å². The Labute approximate surface area is 143 Å². The Morgan fingerprint density at radius 2 is 1.79 bits per heavy atom. The molecule has 0 aliphatic carbocycles. The van der Waals surface area contributed by atoms with Crippen LogP contribution in [0.25, 0.3) is 0 Å². The first kappa shape index (κ1) is 17.9. The number of ether oxygens (including phenoxy) is 2. The van der Waals surface area contributed by atoms with Gasteiger partial charge in [-0.05, 0) is 44.9 Å². The Hall–Kier alpha value is -2.49. The lowest BCUT2D eigenvalue weighted by atomic mass is 10.0. The van der Waals surface area contributed by atoms with Crippen LogP contribution in [0.3, 0.4) is 0 Å². The molecule has 0 aliphatic rings. The van der Waals surface area contributed by atoms with Crippen molar-refractivity contribution in [2.24, 2.45) is 0 Å². The Kier molecular flexibility index (Phi) is 5.85. The molecule has 4 heteroatoms. The molecule has 0 radical (unpaired) electrons. The molecule has 24 heavy (non-hydrogen) atoms. The third kappa shape index (κ3) is 4.28. The van der Waals surface area contributed by atoms with Gasteiger partial charge in [0.2, 0.25) is 0 Å². The van der Waals surface area contributed by atoms with Crippen molar-refractivity contribution < 1.29 is 14.3 Å². The summed E-state index contributed by atoms with van der Waals surface area (Å²) >= 11 is 0. The summed E-state index contributed by atoms with van der Waals surface area (Å²) in [6.45, 7) is 7.89. The summed E-state index contributed by atoms with van der Waals surface area (Å²) < 4.78 is 11.1. The Balaban J connectivity index is 2.01. The number of hydrogen-bond acceptors (Lipinski definition) is 3. The number of benzene rings is 2. The minimum absolute atomic E-state index is 0.00976. The van der Waals surface area contributed by atoms with Crippen LogP contribution >= 0.6 is 0 Å². The second-order valence-corrected chi connectivity index (χ2v) is 6.04. The molecule has 0 fully saturated rings. The lowest BCUT2D eigenvalue weighted by Crippen LogP contribution is -2.31. The van der Waals surface area contributed by atoms with Crippen molar-refractivity contribution in [2.45, 2.75) is 33.7 Å². The molecule has 0 bridgehead atoms. The molecule has 0 aromatic heterocycles. The van der Waals surface area contributed by atoms with E-state index in [1.54, 1.807) is 7.11 Å². The number of amides is 1. The number of carbonyl (C=O) groups is 1. The first-order valence-corrected chi connectivity index (χ1v) is 8.05. The molecule has 128 valence electrons. The van der Waals surface area contributed by atoms with Gasteiger partial charge in [-0.25, -0.2) is 0 Å². The van der Waals surface area contributed by atoms with Gasteiger partial charge in [-0.3, -0.25) is 4.79 Å². The first-order chi connectivity index (χ1) is 11.4. The molecule has 0 saturated carbocycles. The highest BCUT2D eigenvalue weighted by atomic mass is 16.5. The van der Waals surface area contributed by atoms with Crippen LogP contribution in [-0.4, -0.2) is 19.6 Å². The highest BCUT2D eigenvalue weighted by Crippen LogP contribution is 2.26. The Bertz CT molecular complexity index is 705. The van der Waals surface area contributed by atoms with Gasteiger partial charge in [0.15, 0.2) is 6.61 Å². The van der Waals surface area contributed by atoms with Crippen molar-refractivity contribution in [1.29, 1.82) is 0 Å². The zero-order valence-electron chi connectivity index (χ0n) is 15.0. The van der Waals surface area contributed by atoms with Crippen LogP contribution in [0.2, 0.25) is 0 Å². The van der Waals surface area contributed by atoms with Crippen molar-refractivity contribution in [1.82, 2.24) is 5.32 Å². The molecule has 0 unspecified atom stereocenters. The van der Waals surface area contributed by atoms with Crippen molar-refractivity contribution in [3.8, 4) is 11.5 Å². The second kappa shape index (κ2) is 7.86. The molecule has 0 heterocycles. The molecule has 1 N–H and O–H groups in total. The Morgan fingerprint density at radius 1 is 1.12 bits per heavy atom. The summed E-state index contributed by atoms with van der Waals surface area (Å²) in [5.41, 5.74) is 4.13. The van der Waals surface area contributed by atoms with Crippen LogP contribution in [-0.2, 0) is 4.79 Å². The van der Waals surface area contributed by atoms with Crippen LogP contribution in [0.5, 0.6) is 11.5 Å². The average molecular weight is 327 g/mol. The monoisotopic (exact) mass is 327 g/mol. The van der Waals surface area contributed by atoms with Crippen LogP contribution in [0.1, 0.15) is 35.2 Å². The summed E-state index contributed by atoms with van der Waals surface area (Å²) in [7, 11) is 1.63. The van der Waals surface area contributed by atoms with Crippen LogP contribution in [0, 0.1) is 20.8 Å². The summed E-state index contributed by atoms with van der Waals surface area (Å²) in [6.07, 6.45) is 0. The summed E-state index contributed by atoms with van der Waals surface area (Å²) in [6, 6.07) is 11.7. The van der Waals surface area contributed by atoms with E-state index in [0.29, 0.717) is 0 Å². The average Bonchev–Trinajstić information content (AvgIpc) is 2.54. The van der Waals surface area contributed by atoms with Crippen molar-refractivity contribution >= 4 is 5.91 Å². The topological polar surface area (TPSA) is 47.6 Å². The molecular formula is C20H25NO3. The third-order valence-electron chi connectivity index (χ3n) is 3.99. The number of carbonyl (C=O) groups excluding carboxylic acids is 1. The molecule has 1 amide bonds. The lowest BCUT2D eigenvalue weighted by Gasteiger charge is -2.18. The van der Waals surface area contributed by atoms with Gasteiger partial charge in [-0.2, -0.15) is 0 Å². The number of rotatable bonds is 6. The minimum Gasteiger partial charge on any atom is -0.496 e. The maximum absolute atomic E-state index is 12.2. The minimum atomic E-state index is -0.159. The predicted octanol–water partition coefficient (Wildman–Crippen LogP) is 3.88. The number of hydrogen-bond donors (Lipinski definition) is 1. The van der Waals surface area contributed by atoms with Gasteiger partial charge >= 0.3 is 0 Å². The number of methoxy groups -OCH3 is 1. The fourth-order valence-electron chi connectivity index (χ4n) is 2.72. The van der Waals surface area contributed by atoms with Gasteiger partial charge in [0.25, 0.3) is 5.91 Å². The summed E-state index contributed by atoms with van der Waals surface area (Å²) in [4.78, 5) is 12.2. The van der Waals surface area contributed by atoms with Crippen LogP contribution in [0.15, 0.2) is 36.4 Å². The number of aryl methyl sites for hydroxylation is 3. The zero-order chi connectivity index (χ0) is 17.7. The summed E-state index contributed by atoms with van der Waals surface area (Å²) in [5, 5.41) is 2.96. The van der Waals surface area contributed by atoms with Gasteiger partial charge in [-0.1, -0.05) is 35.9 Å². The largest absolute Gasteiger partial charge is 0.496 e. The van der Waals surface area contributed by atoms with E-state index in [2.05, 4.69) is 5.32 Å². The fourth-order valence-corrected chi connectivity index (χ4v) is 2.72. The maximum atomic E-state index is 12.2. The quantitative estimate of drug-likeness (QED) is 0.876. The van der Waals surface area contributed by atoms with E-state index in [4.69, 9.17) is 9.47 Å². The van der Waals surface area contributed by atoms with Gasteiger partial charge in [0, 0.05) is 5.56 Å². The normalized spacial score (nSPS) is 11.7. The van der Waals surface area contributed by atoms with E-state index in [1.807, 2.05) is 64.1 Å². The zero-order valence-corrected chi connectivity index (χ0v) is 15.0. The molecular weight excluding hydrogens is 302 g/mol. The van der Waals surface area contributed by atoms with Gasteiger partial charge in [0.05, 0.1) is 13.2 Å². The molecule has 0 spiro atoms. The first-order valence-electron chi connectivity index (χ1n) is 8.05. The van der Waals surface area contributed by atoms with Crippen molar-refractivity contribution in [3.05, 3.63) is 58.7 Å². The van der Waals surface area contributed by atoms with Crippen LogP contribution < -0.4 is 14.8 Å². The van der Waals surface area contributed by atoms with Gasteiger partial charge in [-0.15, -0.1) is 0 Å². The molecule has 1 atom stereocenters. The lowest BCUT2D eigenvalue weighted by molar-refractivity contribution is -0.123. The van der Waals surface area contributed by atoms with Crippen LogP contribution in [0.4, 0.5) is 0 Å². The molecule has 2 aromatic rings. The maximum Gasteiger partial charge on any atom is 0.258 e. The van der Waals surface area contributed by atoms with E-state index < -0.39 is 0 Å². The smallest absolute Gasteiger partial charge is 0.258 e. The number of para-hydroxylation sites is 1. The van der Waals surface area contributed by atoms with Gasteiger partial charge < -0.3 is 14.8 Å². The number of nitrogens with one attached hydrogen (secondary N) is 1. The molecule has 0 aliphatic heterocycles. The molecule has 2 rings (SSSR count). The van der Waals surface area contributed by atoms with E-state index in [-0.39, 0.29) is 18.6 Å². The molecule has 2 aromatic carbocycles. The fraction of sp³-hybridized carbons (Fsp3) is 0.350. The highest BCUT2D eigenvalue weighted by Gasteiger charge is 2.15. The SMILES string of the molecule is COc1ccc(C)cc1[C@@H](C)NC(=O)COc1c(C)cccc1C. The summed E-state index contributed by atoms with van der Waals surface area (Å²) in [5.74, 6) is 1.38. The second-order valence-electron chi connectivity index (χ2n) is 6.04. The van der Waals surface area contributed by atoms with E-state index in [9.17, 15) is 4.79 Å². The van der Waals surface area contributed by atoms with Crippen molar-refractivity contribution in [2.75, 3.05) is 13.7 Å².